The summed E-state index contributed by atoms with van der Waals surface area (Å²) in [6.07, 6.45) is 6.78. The first-order valence-corrected chi connectivity index (χ1v) is 12.8. The molecule has 1 fully saturated rings. The highest BCUT2D eigenvalue weighted by Gasteiger charge is 2.33. The SMILES string of the molecule is CC(C1CC1)N(C)C(O)c1ccccc1OCCCCCC(=O)O.O=Cc1ccc(-c2ccco2)cc1. The monoisotopic (exact) mass is 507 g/mol. The molecular formula is C30H37NO6. The lowest BCUT2D eigenvalue weighted by molar-refractivity contribution is -0.137. The van der Waals surface area contributed by atoms with Crippen molar-refractivity contribution >= 4 is 12.3 Å². The summed E-state index contributed by atoms with van der Waals surface area (Å²) >= 11 is 0. The highest BCUT2D eigenvalue weighted by Crippen LogP contribution is 2.38. The maximum Gasteiger partial charge on any atom is 0.303 e. The molecule has 0 aliphatic heterocycles. The van der Waals surface area contributed by atoms with Crippen LogP contribution in [0.15, 0.2) is 71.3 Å². The van der Waals surface area contributed by atoms with Crippen LogP contribution in [0.4, 0.5) is 0 Å². The van der Waals surface area contributed by atoms with Crippen molar-refractivity contribution in [3.8, 4) is 17.1 Å². The number of hydrogen-bond donors (Lipinski definition) is 2. The van der Waals surface area contributed by atoms with Gasteiger partial charge in [0.25, 0.3) is 0 Å². The van der Waals surface area contributed by atoms with E-state index >= 15 is 0 Å². The lowest BCUT2D eigenvalue weighted by atomic mass is 10.1. The highest BCUT2D eigenvalue weighted by atomic mass is 16.5. The number of nitrogens with zero attached hydrogens (tertiary/aromatic N) is 1. The van der Waals surface area contributed by atoms with Crippen molar-refractivity contribution in [1.29, 1.82) is 0 Å². The van der Waals surface area contributed by atoms with E-state index in [4.69, 9.17) is 14.3 Å². The third kappa shape index (κ3) is 8.88. The lowest BCUT2D eigenvalue weighted by Gasteiger charge is -2.30. The first kappa shape index (κ1) is 28.2. The van der Waals surface area contributed by atoms with Crippen molar-refractivity contribution in [3.05, 3.63) is 78.1 Å². The molecule has 0 bridgehead atoms. The van der Waals surface area contributed by atoms with Crippen LogP contribution >= 0.6 is 0 Å². The number of ether oxygens (including phenoxy) is 1. The van der Waals surface area contributed by atoms with Gasteiger partial charge >= 0.3 is 5.97 Å². The van der Waals surface area contributed by atoms with Crippen molar-refractivity contribution in [2.75, 3.05) is 13.7 Å². The Balaban J connectivity index is 0.000000244. The van der Waals surface area contributed by atoms with Crippen LogP contribution in [0.1, 0.15) is 67.6 Å². The number of aldehydes is 1. The third-order valence-corrected chi connectivity index (χ3v) is 6.67. The van der Waals surface area contributed by atoms with E-state index in [2.05, 4.69) is 6.92 Å². The summed E-state index contributed by atoms with van der Waals surface area (Å²) in [6.45, 7) is 2.69. The van der Waals surface area contributed by atoms with Crippen molar-refractivity contribution in [3.63, 3.8) is 0 Å². The quantitative estimate of drug-likeness (QED) is 0.162. The molecule has 2 aromatic carbocycles. The number of carbonyl (C=O) groups is 2. The number of rotatable bonds is 13. The van der Waals surface area contributed by atoms with Gasteiger partial charge in [-0.15, -0.1) is 0 Å². The minimum absolute atomic E-state index is 0.207. The van der Waals surface area contributed by atoms with Gasteiger partial charge in [-0.1, -0.05) is 42.5 Å². The van der Waals surface area contributed by atoms with Crippen molar-refractivity contribution in [2.24, 2.45) is 5.92 Å². The summed E-state index contributed by atoms with van der Waals surface area (Å²) in [5.41, 5.74) is 2.45. The maximum absolute atomic E-state index is 10.7. The van der Waals surface area contributed by atoms with Gasteiger partial charge in [-0.05, 0) is 70.2 Å². The molecule has 7 heteroatoms. The third-order valence-electron chi connectivity index (χ3n) is 6.67. The molecule has 2 unspecified atom stereocenters. The number of hydrogen-bond acceptors (Lipinski definition) is 6. The molecule has 7 nitrogen and oxygen atoms in total. The van der Waals surface area contributed by atoms with Gasteiger partial charge in [-0.2, -0.15) is 0 Å². The zero-order valence-corrected chi connectivity index (χ0v) is 21.6. The van der Waals surface area contributed by atoms with Crippen LogP contribution < -0.4 is 4.74 Å². The second-order valence-corrected chi connectivity index (χ2v) is 9.43. The molecule has 0 radical (unpaired) electrons. The van der Waals surface area contributed by atoms with Gasteiger partial charge < -0.3 is 19.4 Å². The minimum atomic E-state index is -0.753. The standard InChI is InChI=1S/C19H29NO4.C11H8O2/c1-14(15-11-12-15)20(2)19(23)16-8-5-6-9-17(16)24-13-7-3-4-10-18(21)22;12-8-9-3-5-10(6-4-9)11-2-1-7-13-11/h5-6,8-9,14-15,19,23H,3-4,7,10-13H2,1-2H3,(H,21,22);1-8H. The van der Waals surface area contributed by atoms with Gasteiger partial charge in [-0.3, -0.25) is 14.5 Å². The van der Waals surface area contributed by atoms with E-state index in [-0.39, 0.29) is 6.42 Å². The number of aliphatic hydroxyl groups is 1. The van der Waals surface area contributed by atoms with Gasteiger partial charge in [-0.25, -0.2) is 0 Å². The van der Waals surface area contributed by atoms with E-state index in [9.17, 15) is 14.7 Å². The summed E-state index contributed by atoms with van der Waals surface area (Å²) in [5.74, 6) is 1.46. The van der Waals surface area contributed by atoms with Gasteiger partial charge in [0.1, 0.15) is 24.0 Å². The van der Waals surface area contributed by atoms with Crippen LogP contribution in [-0.4, -0.2) is 47.1 Å². The summed E-state index contributed by atoms with van der Waals surface area (Å²) in [5, 5.41) is 19.3. The Morgan fingerprint density at radius 3 is 2.43 bits per heavy atom. The lowest BCUT2D eigenvalue weighted by Crippen LogP contribution is -2.34. The number of aliphatic hydroxyl groups excluding tert-OH is 1. The molecule has 2 atom stereocenters. The number of carbonyl (C=O) groups excluding carboxylic acids is 1. The molecule has 1 aliphatic rings. The number of unbranched alkanes of at least 4 members (excludes halogenated alkanes) is 2. The fourth-order valence-electron chi connectivity index (χ4n) is 4.08. The zero-order chi connectivity index (χ0) is 26.6. The normalized spacial score (nSPS) is 14.4. The van der Waals surface area contributed by atoms with E-state index in [0.29, 0.717) is 36.3 Å². The molecule has 1 saturated carbocycles. The first-order valence-electron chi connectivity index (χ1n) is 12.8. The Morgan fingerprint density at radius 1 is 1.08 bits per heavy atom. The summed E-state index contributed by atoms with van der Waals surface area (Å²) in [6, 6.07) is 18.9. The molecular weight excluding hydrogens is 470 g/mol. The number of aliphatic carboxylic acids is 1. The molecule has 0 amide bonds. The van der Waals surface area contributed by atoms with Crippen LogP contribution in [0, 0.1) is 5.92 Å². The van der Waals surface area contributed by atoms with Crippen molar-refractivity contribution in [1.82, 2.24) is 4.90 Å². The Kier molecular flexibility index (Phi) is 10.9. The van der Waals surface area contributed by atoms with Crippen LogP contribution in [0.25, 0.3) is 11.3 Å². The average Bonchev–Trinajstić information content (AvgIpc) is 3.63. The largest absolute Gasteiger partial charge is 0.493 e. The van der Waals surface area contributed by atoms with Gasteiger partial charge in [0.15, 0.2) is 0 Å². The average molecular weight is 508 g/mol. The Morgan fingerprint density at radius 2 is 1.81 bits per heavy atom. The summed E-state index contributed by atoms with van der Waals surface area (Å²) < 4.78 is 11.0. The van der Waals surface area contributed by atoms with E-state index in [1.54, 1.807) is 18.4 Å². The van der Waals surface area contributed by atoms with Gasteiger partial charge in [0.05, 0.1) is 12.9 Å². The van der Waals surface area contributed by atoms with Gasteiger partial charge in [0, 0.05) is 29.2 Å². The molecule has 2 N–H and O–H groups in total. The fourth-order valence-corrected chi connectivity index (χ4v) is 4.08. The molecule has 0 spiro atoms. The van der Waals surface area contributed by atoms with Crippen LogP contribution in [-0.2, 0) is 4.79 Å². The Bertz CT molecular complexity index is 1090. The second-order valence-electron chi connectivity index (χ2n) is 9.43. The van der Waals surface area contributed by atoms with Crippen molar-refractivity contribution in [2.45, 2.75) is 57.7 Å². The zero-order valence-electron chi connectivity index (χ0n) is 21.6. The predicted octanol–water partition coefficient (Wildman–Crippen LogP) is 6.19. The van der Waals surface area contributed by atoms with Crippen LogP contribution in [0.2, 0.25) is 0 Å². The Labute approximate surface area is 218 Å². The molecule has 4 rings (SSSR count). The van der Waals surface area contributed by atoms with Gasteiger partial charge in [0.2, 0.25) is 0 Å². The number of carboxylic acid groups (broad SMARTS) is 1. The predicted molar refractivity (Wildman–Crippen MR) is 142 cm³/mol. The highest BCUT2D eigenvalue weighted by molar-refractivity contribution is 5.76. The smallest absolute Gasteiger partial charge is 0.303 e. The van der Waals surface area contributed by atoms with E-state index in [1.807, 2.05) is 60.5 Å². The minimum Gasteiger partial charge on any atom is -0.493 e. The molecule has 198 valence electrons. The number of furan rings is 1. The molecule has 1 heterocycles. The molecule has 1 aliphatic carbocycles. The molecule has 3 aromatic rings. The molecule has 1 aromatic heterocycles. The van der Waals surface area contributed by atoms with E-state index in [1.165, 1.54) is 12.8 Å². The van der Waals surface area contributed by atoms with E-state index in [0.717, 1.165) is 36.0 Å². The summed E-state index contributed by atoms with van der Waals surface area (Å²) in [7, 11) is 1.95. The topological polar surface area (TPSA) is 100 Å². The van der Waals surface area contributed by atoms with Crippen LogP contribution in [0.3, 0.4) is 0 Å². The maximum atomic E-state index is 10.7. The van der Waals surface area contributed by atoms with Crippen LogP contribution in [0.5, 0.6) is 5.75 Å². The Hall–Kier alpha value is -3.42. The first-order chi connectivity index (χ1) is 17.9. The number of para-hydroxylation sites is 1. The number of benzene rings is 2. The van der Waals surface area contributed by atoms with E-state index < -0.39 is 12.2 Å². The summed E-state index contributed by atoms with van der Waals surface area (Å²) in [4.78, 5) is 22.9. The molecule has 37 heavy (non-hydrogen) atoms. The van der Waals surface area contributed by atoms with Crippen molar-refractivity contribution < 1.29 is 29.0 Å². The number of carboxylic acids is 1. The fraction of sp³-hybridized carbons (Fsp3) is 0.400. The second kappa shape index (κ2) is 14.4. The molecule has 0 saturated heterocycles.